The number of amides is 1. The fraction of sp³-hybridized carbons (Fsp3) is 0.909. The predicted molar refractivity (Wildman–Crippen MR) is 58.1 cm³/mol. The van der Waals surface area contributed by atoms with Crippen LogP contribution in [0, 0.1) is 0 Å². The summed E-state index contributed by atoms with van der Waals surface area (Å²) in [5, 5.41) is 6.29. The Morgan fingerprint density at radius 2 is 1.79 bits per heavy atom. The van der Waals surface area contributed by atoms with E-state index in [4.69, 9.17) is 0 Å². The third-order valence-electron chi connectivity index (χ3n) is 2.67. The maximum Gasteiger partial charge on any atom is 0.237 e. The van der Waals surface area contributed by atoms with Gasteiger partial charge in [-0.15, -0.1) is 0 Å². The number of rotatable bonds is 4. The molecule has 1 atom stereocenters. The van der Waals surface area contributed by atoms with Crippen molar-refractivity contribution in [2.75, 3.05) is 0 Å². The molecule has 0 aliphatic heterocycles. The molecule has 0 spiro atoms. The third kappa shape index (κ3) is 3.66. The molecule has 0 heterocycles. The molecule has 1 rings (SSSR count). The lowest BCUT2D eigenvalue weighted by Gasteiger charge is -2.19. The van der Waals surface area contributed by atoms with Gasteiger partial charge in [0.15, 0.2) is 0 Å². The summed E-state index contributed by atoms with van der Waals surface area (Å²) >= 11 is 0. The minimum atomic E-state index is -0.0551. The van der Waals surface area contributed by atoms with Crippen molar-refractivity contribution in [1.82, 2.24) is 10.6 Å². The monoisotopic (exact) mass is 198 g/mol. The Hall–Kier alpha value is -0.570. The maximum absolute atomic E-state index is 11.6. The zero-order chi connectivity index (χ0) is 10.6. The summed E-state index contributed by atoms with van der Waals surface area (Å²) in [6.45, 7) is 5.91. The van der Waals surface area contributed by atoms with Crippen LogP contribution in [0.4, 0.5) is 0 Å². The van der Waals surface area contributed by atoms with Crippen LogP contribution >= 0.6 is 0 Å². The Kier molecular flexibility index (Phi) is 4.39. The van der Waals surface area contributed by atoms with Gasteiger partial charge in [0, 0.05) is 12.1 Å². The van der Waals surface area contributed by atoms with Gasteiger partial charge in [-0.1, -0.05) is 12.8 Å². The van der Waals surface area contributed by atoms with Gasteiger partial charge >= 0.3 is 0 Å². The molecule has 3 nitrogen and oxygen atoms in total. The van der Waals surface area contributed by atoms with E-state index in [1.54, 1.807) is 0 Å². The molecule has 0 radical (unpaired) electrons. The van der Waals surface area contributed by atoms with Crippen LogP contribution in [0.25, 0.3) is 0 Å². The second kappa shape index (κ2) is 5.35. The second-order valence-corrected chi connectivity index (χ2v) is 4.53. The highest BCUT2D eigenvalue weighted by Gasteiger charge is 2.20. The van der Waals surface area contributed by atoms with E-state index in [0.29, 0.717) is 6.04 Å². The first kappa shape index (κ1) is 11.5. The molecule has 0 bridgehead atoms. The van der Waals surface area contributed by atoms with Crippen LogP contribution in [-0.4, -0.2) is 24.0 Å². The molecule has 2 N–H and O–H groups in total. The van der Waals surface area contributed by atoms with Gasteiger partial charge < -0.3 is 10.6 Å². The van der Waals surface area contributed by atoms with E-state index in [9.17, 15) is 4.79 Å². The van der Waals surface area contributed by atoms with Crippen LogP contribution in [0.5, 0.6) is 0 Å². The van der Waals surface area contributed by atoms with Crippen LogP contribution in [-0.2, 0) is 4.79 Å². The Balaban J connectivity index is 2.25. The number of hydrogen-bond donors (Lipinski definition) is 2. The highest BCUT2D eigenvalue weighted by Crippen LogP contribution is 2.17. The van der Waals surface area contributed by atoms with Crippen molar-refractivity contribution in [2.45, 2.75) is 64.6 Å². The molecule has 0 saturated heterocycles. The van der Waals surface area contributed by atoms with E-state index in [-0.39, 0.29) is 18.0 Å². The summed E-state index contributed by atoms with van der Waals surface area (Å²) in [7, 11) is 0. The van der Waals surface area contributed by atoms with Gasteiger partial charge in [-0.2, -0.15) is 0 Å². The quantitative estimate of drug-likeness (QED) is 0.717. The molecule has 3 heteroatoms. The first-order chi connectivity index (χ1) is 6.59. The highest BCUT2D eigenvalue weighted by atomic mass is 16.2. The third-order valence-corrected chi connectivity index (χ3v) is 2.67. The van der Waals surface area contributed by atoms with E-state index in [0.717, 1.165) is 0 Å². The standard InChI is InChI=1S/C11H22N2O/c1-8(2)12-11(14)9(3)13-10-6-4-5-7-10/h8-10,13H,4-7H2,1-3H3,(H,12,14). The van der Waals surface area contributed by atoms with E-state index in [2.05, 4.69) is 10.6 Å². The van der Waals surface area contributed by atoms with Gasteiger partial charge in [0.25, 0.3) is 0 Å². The molecule has 0 aromatic carbocycles. The zero-order valence-electron chi connectivity index (χ0n) is 9.47. The molecule has 1 unspecified atom stereocenters. The second-order valence-electron chi connectivity index (χ2n) is 4.53. The Bertz CT molecular complexity index is 186. The minimum absolute atomic E-state index is 0.0551. The lowest BCUT2D eigenvalue weighted by molar-refractivity contribution is -0.123. The normalized spacial score (nSPS) is 20.0. The summed E-state index contributed by atoms with van der Waals surface area (Å²) in [6, 6.07) is 0.735. The summed E-state index contributed by atoms with van der Waals surface area (Å²) in [5.41, 5.74) is 0. The van der Waals surface area contributed by atoms with Crippen LogP contribution in [0.2, 0.25) is 0 Å². The van der Waals surface area contributed by atoms with Crippen molar-refractivity contribution in [3.8, 4) is 0 Å². The van der Waals surface area contributed by atoms with Crippen molar-refractivity contribution in [3.63, 3.8) is 0 Å². The lowest BCUT2D eigenvalue weighted by atomic mass is 10.2. The maximum atomic E-state index is 11.6. The lowest BCUT2D eigenvalue weighted by Crippen LogP contribution is -2.47. The topological polar surface area (TPSA) is 41.1 Å². The summed E-state index contributed by atoms with van der Waals surface area (Å²) in [6.07, 6.45) is 5.05. The fourth-order valence-corrected chi connectivity index (χ4v) is 1.93. The van der Waals surface area contributed by atoms with Gasteiger partial charge in [0.1, 0.15) is 0 Å². The van der Waals surface area contributed by atoms with E-state index in [1.165, 1.54) is 25.7 Å². The van der Waals surface area contributed by atoms with E-state index in [1.807, 2.05) is 20.8 Å². The average Bonchev–Trinajstić information content (AvgIpc) is 2.55. The van der Waals surface area contributed by atoms with Gasteiger partial charge in [-0.3, -0.25) is 4.79 Å². The predicted octanol–water partition coefficient (Wildman–Crippen LogP) is 1.43. The van der Waals surface area contributed by atoms with Crippen molar-refractivity contribution < 1.29 is 4.79 Å². The van der Waals surface area contributed by atoms with Crippen LogP contribution in [0.1, 0.15) is 46.5 Å². The Morgan fingerprint density at radius 3 is 2.29 bits per heavy atom. The van der Waals surface area contributed by atoms with Crippen molar-refractivity contribution in [1.29, 1.82) is 0 Å². The van der Waals surface area contributed by atoms with E-state index >= 15 is 0 Å². The number of carbonyl (C=O) groups excluding carboxylic acids is 1. The molecule has 1 saturated carbocycles. The summed E-state index contributed by atoms with van der Waals surface area (Å²) in [4.78, 5) is 11.6. The number of hydrogen-bond acceptors (Lipinski definition) is 2. The molecule has 82 valence electrons. The average molecular weight is 198 g/mol. The Labute approximate surface area is 86.6 Å². The Morgan fingerprint density at radius 1 is 1.21 bits per heavy atom. The largest absolute Gasteiger partial charge is 0.353 e. The molecule has 1 aliphatic carbocycles. The number of nitrogens with one attached hydrogen (secondary N) is 2. The molecule has 1 aliphatic rings. The minimum Gasteiger partial charge on any atom is -0.353 e. The first-order valence-corrected chi connectivity index (χ1v) is 5.66. The smallest absolute Gasteiger partial charge is 0.237 e. The zero-order valence-corrected chi connectivity index (χ0v) is 9.47. The van der Waals surface area contributed by atoms with Gasteiger partial charge in [-0.25, -0.2) is 0 Å². The van der Waals surface area contributed by atoms with Crippen LogP contribution < -0.4 is 10.6 Å². The molecule has 0 aromatic heterocycles. The molecular formula is C11H22N2O. The fourth-order valence-electron chi connectivity index (χ4n) is 1.93. The van der Waals surface area contributed by atoms with Gasteiger partial charge in [0.2, 0.25) is 5.91 Å². The van der Waals surface area contributed by atoms with Crippen LogP contribution in [0.15, 0.2) is 0 Å². The molecule has 1 amide bonds. The van der Waals surface area contributed by atoms with Crippen LogP contribution in [0.3, 0.4) is 0 Å². The molecule has 0 aromatic rings. The molecular weight excluding hydrogens is 176 g/mol. The molecule has 14 heavy (non-hydrogen) atoms. The SMILES string of the molecule is CC(C)NC(=O)C(C)NC1CCCC1. The highest BCUT2D eigenvalue weighted by molar-refractivity contribution is 5.81. The van der Waals surface area contributed by atoms with Crippen molar-refractivity contribution >= 4 is 5.91 Å². The van der Waals surface area contributed by atoms with Crippen molar-refractivity contribution in [3.05, 3.63) is 0 Å². The van der Waals surface area contributed by atoms with Crippen molar-refractivity contribution in [2.24, 2.45) is 0 Å². The van der Waals surface area contributed by atoms with Gasteiger partial charge in [-0.05, 0) is 33.6 Å². The van der Waals surface area contributed by atoms with E-state index < -0.39 is 0 Å². The first-order valence-electron chi connectivity index (χ1n) is 5.66. The van der Waals surface area contributed by atoms with Gasteiger partial charge in [0.05, 0.1) is 6.04 Å². The summed E-state index contributed by atoms with van der Waals surface area (Å²) in [5.74, 6) is 0.117. The number of carbonyl (C=O) groups is 1. The summed E-state index contributed by atoms with van der Waals surface area (Å²) < 4.78 is 0. The molecule has 1 fully saturated rings.